The fraction of sp³-hybridized carbons (Fsp3) is 0.273. The first-order valence-electron chi connectivity index (χ1n) is 5.37. The second kappa shape index (κ2) is 4.32. The van der Waals surface area contributed by atoms with Crippen LogP contribution in [-0.4, -0.2) is 29.2 Å². The summed E-state index contributed by atoms with van der Waals surface area (Å²) in [5, 5.41) is 7.76. The van der Waals surface area contributed by atoms with Crippen molar-refractivity contribution in [1.29, 1.82) is 0 Å². The van der Waals surface area contributed by atoms with Crippen molar-refractivity contribution in [1.82, 2.24) is 10.2 Å². The zero-order valence-corrected chi connectivity index (χ0v) is 9.60. The average molecular weight is 233 g/mol. The number of anilines is 2. The minimum atomic E-state index is -0.379. The highest BCUT2D eigenvalue weighted by atomic mass is 16.1. The molecule has 0 aliphatic rings. The number of likely N-dealkylation sites (N-methyl/N-ethyl adjacent to an activating group) is 1. The van der Waals surface area contributed by atoms with Crippen molar-refractivity contribution in [3.8, 4) is 0 Å². The van der Waals surface area contributed by atoms with Crippen LogP contribution in [-0.2, 0) is 4.79 Å². The van der Waals surface area contributed by atoms with Gasteiger partial charge < -0.3 is 16.4 Å². The van der Waals surface area contributed by atoms with Crippen LogP contribution in [0.4, 0.5) is 11.4 Å². The second-order valence-electron chi connectivity index (χ2n) is 3.85. The summed E-state index contributed by atoms with van der Waals surface area (Å²) in [6.45, 7) is 2.76. The Kier molecular flexibility index (Phi) is 2.86. The van der Waals surface area contributed by atoms with E-state index in [9.17, 15) is 4.79 Å². The Morgan fingerprint density at radius 3 is 2.94 bits per heavy atom. The normalized spacial score (nSPS) is 10.6. The fourth-order valence-corrected chi connectivity index (χ4v) is 1.83. The number of fused-ring (bicyclic) bond motifs is 1. The van der Waals surface area contributed by atoms with E-state index in [-0.39, 0.29) is 12.5 Å². The molecule has 1 aromatic heterocycles. The topological polar surface area (TPSA) is 101 Å². The van der Waals surface area contributed by atoms with Crippen molar-refractivity contribution >= 4 is 28.2 Å². The van der Waals surface area contributed by atoms with Crippen molar-refractivity contribution in [3.05, 3.63) is 18.3 Å². The number of rotatable bonds is 4. The van der Waals surface area contributed by atoms with Gasteiger partial charge in [0.1, 0.15) is 0 Å². The summed E-state index contributed by atoms with van der Waals surface area (Å²) in [5.74, 6) is -0.379. The molecule has 0 aliphatic heterocycles. The van der Waals surface area contributed by atoms with E-state index in [2.05, 4.69) is 10.2 Å². The molecule has 0 fully saturated rings. The number of amides is 1. The minimum absolute atomic E-state index is 0.153. The predicted octanol–water partition coefficient (Wildman–Crippen LogP) is 0.457. The van der Waals surface area contributed by atoms with Gasteiger partial charge in [-0.05, 0) is 19.1 Å². The number of benzene rings is 1. The first-order valence-corrected chi connectivity index (χ1v) is 5.37. The molecule has 6 nitrogen and oxygen atoms in total. The standard InChI is InChI=1S/C11H15N5O/c1-2-16(6-11(13)17)10-4-9-7(3-8(10)12)5-14-15-9/h3-5H,2,6,12H2,1H3,(H2,13,17)(H,14,15). The molecule has 90 valence electrons. The van der Waals surface area contributed by atoms with Crippen molar-refractivity contribution in [2.45, 2.75) is 6.92 Å². The molecular weight excluding hydrogens is 218 g/mol. The van der Waals surface area contributed by atoms with Crippen LogP contribution < -0.4 is 16.4 Å². The number of primary amides is 1. The Bertz CT molecular complexity index is 548. The van der Waals surface area contributed by atoms with Gasteiger partial charge in [0.05, 0.1) is 29.6 Å². The molecule has 0 bridgehead atoms. The number of carbonyl (C=O) groups excluding carboxylic acids is 1. The summed E-state index contributed by atoms with van der Waals surface area (Å²) < 4.78 is 0. The molecule has 5 N–H and O–H groups in total. The average Bonchev–Trinajstić information content (AvgIpc) is 2.71. The molecule has 6 heteroatoms. The van der Waals surface area contributed by atoms with Crippen molar-refractivity contribution in [2.75, 3.05) is 23.7 Å². The summed E-state index contributed by atoms with van der Waals surface area (Å²) in [4.78, 5) is 12.8. The van der Waals surface area contributed by atoms with Crippen molar-refractivity contribution in [3.63, 3.8) is 0 Å². The van der Waals surface area contributed by atoms with Crippen LogP contribution in [0, 0.1) is 0 Å². The maximum absolute atomic E-state index is 11.0. The third-order valence-electron chi connectivity index (χ3n) is 2.66. The van der Waals surface area contributed by atoms with Crippen LogP contribution in [0.1, 0.15) is 6.92 Å². The van der Waals surface area contributed by atoms with Gasteiger partial charge in [0, 0.05) is 11.9 Å². The highest BCUT2D eigenvalue weighted by molar-refractivity contribution is 5.90. The third kappa shape index (κ3) is 2.15. The van der Waals surface area contributed by atoms with E-state index in [0.717, 1.165) is 16.6 Å². The van der Waals surface area contributed by atoms with E-state index < -0.39 is 0 Å². The molecule has 1 amide bonds. The van der Waals surface area contributed by atoms with Crippen LogP contribution >= 0.6 is 0 Å². The monoisotopic (exact) mass is 233 g/mol. The number of aromatic nitrogens is 2. The molecule has 0 unspecified atom stereocenters. The molecule has 0 spiro atoms. The first-order chi connectivity index (χ1) is 8.11. The van der Waals surface area contributed by atoms with Gasteiger partial charge in [-0.15, -0.1) is 0 Å². The summed E-state index contributed by atoms with van der Waals surface area (Å²) in [7, 11) is 0. The zero-order chi connectivity index (χ0) is 12.4. The van der Waals surface area contributed by atoms with Gasteiger partial charge in [-0.25, -0.2) is 0 Å². The number of hydrogen-bond donors (Lipinski definition) is 3. The zero-order valence-electron chi connectivity index (χ0n) is 9.60. The summed E-state index contributed by atoms with van der Waals surface area (Å²) in [6, 6.07) is 3.71. The molecule has 0 atom stereocenters. The second-order valence-corrected chi connectivity index (χ2v) is 3.85. The molecule has 0 radical (unpaired) electrons. The number of nitrogens with two attached hydrogens (primary N) is 2. The number of nitrogen functional groups attached to an aromatic ring is 1. The maximum atomic E-state index is 11.0. The highest BCUT2D eigenvalue weighted by Crippen LogP contribution is 2.27. The summed E-state index contributed by atoms with van der Waals surface area (Å²) in [6.07, 6.45) is 1.71. The molecule has 1 aromatic carbocycles. The molecule has 1 heterocycles. The lowest BCUT2D eigenvalue weighted by molar-refractivity contribution is -0.116. The van der Waals surface area contributed by atoms with Crippen molar-refractivity contribution in [2.24, 2.45) is 5.73 Å². The van der Waals surface area contributed by atoms with Gasteiger partial charge in [-0.2, -0.15) is 5.10 Å². The number of nitrogens with zero attached hydrogens (tertiary/aromatic N) is 2. The molecule has 0 aliphatic carbocycles. The molecule has 0 saturated heterocycles. The van der Waals surface area contributed by atoms with Gasteiger partial charge in [-0.1, -0.05) is 0 Å². The number of hydrogen-bond acceptors (Lipinski definition) is 4. The number of nitrogens with one attached hydrogen (secondary N) is 1. The Labute approximate surface area is 98.6 Å². The maximum Gasteiger partial charge on any atom is 0.236 e. The lowest BCUT2D eigenvalue weighted by Crippen LogP contribution is -2.34. The Balaban J connectivity index is 2.44. The molecule has 0 saturated carbocycles. The van der Waals surface area contributed by atoms with Crippen LogP contribution in [0.2, 0.25) is 0 Å². The SMILES string of the molecule is CCN(CC(N)=O)c1cc2[nH]ncc2cc1N. The van der Waals surface area contributed by atoms with Gasteiger partial charge in [0.15, 0.2) is 0 Å². The Morgan fingerprint density at radius 2 is 2.29 bits per heavy atom. The quantitative estimate of drug-likeness (QED) is 0.667. The van der Waals surface area contributed by atoms with Gasteiger partial charge in [0.25, 0.3) is 0 Å². The van der Waals surface area contributed by atoms with Crippen molar-refractivity contribution < 1.29 is 4.79 Å². The Morgan fingerprint density at radius 1 is 1.53 bits per heavy atom. The summed E-state index contributed by atoms with van der Waals surface area (Å²) >= 11 is 0. The van der Waals surface area contributed by atoms with E-state index >= 15 is 0 Å². The van der Waals surface area contributed by atoms with E-state index in [4.69, 9.17) is 11.5 Å². The largest absolute Gasteiger partial charge is 0.397 e. The molecular formula is C11H15N5O. The van der Waals surface area contributed by atoms with Crippen LogP contribution in [0.15, 0.2) is 18.3 Å². The molecule has 2 rings (SSSR count). The Hall–Kier alpha value is -2.24. The van der Waals surface area contributed by atoms with E-state index in [1.54, 1.807) is 6.20 Å². The smallest absolute Gasteiger partial charge is 0.236 e. The number of carbonyl (C=O) groups is 1. The lowest BCUT2D eigenvalue weighted by Gasteiger charge is -2.23. The fourth-order valence-electron chi connectivity index (χ4n) is 1.83. The predicted molar refractivity (Wildman–Crippen MR) is 67.6 cm³/mol. The molecule has 17 heavy (non-hydrogen) atoms. The van der Waals surface area contributed by atoms with Gasteiger partial charge in [0.2, 0.25) is 5.91 Å². The van der Waals surface area contributed by atoms with E-state index in [1.165, 1.54) is 0 Å². The third-order valence-corrected chi connectivity index (χ3v) is 2.66. The number of H-pyrrole nitrogens is 1. The highest BCUT2D eigenvalue weighted by Gasteiger charge is 2.12. The minimum Gasteiger partial charge on any atom is -0.397 e. The van der Waals surface area contributed by atoms with E-state index in [0.29, 0.717) is 12.2 Å². The van der Waals surface area contributed by atoms with E-state index in [1.807, 2.05) is 24.0 Å². The first kappa shape index (κ1) is 11.3. The summed E-state index contributed by atoms with van der Waals surface area (Å²) in [5.41, 5.74) is 13.5. The van der Waals surface area contributed by atoms with Gasteiger partial charge >= 0.3 is 0 Å². The number of aromatic amines is 1. The van der Waals surface area contributed by atoms with Crippen LogP contribution in [0.3, 0.4) is 0 Å². The van der Waals surface area contributed by atoms with Crippen LogP contribution in [0.25, 0.3) is 10.9 Å². The lowest BCUT2D eigenvalue weighted by atomic mass is 10.2. The van der Waals surface area contributed by atoms with Crippen LogP contribution in [0.5, 0.6) is 0 Å². The molecule has 2 aromatic rings. The van der Waals surface area contributed by atoms with Gasteiger partial charge in [-0.3, -0.25) is 9.89 Å².